The third-order valence-corrected chi connectivity index (χ3v) is 4.28. The molecule has 1 amide bonds. The maximum absolute atomic E-state index is 12.3. The van der Waals surface area contributed by atoms with Crippen LogP contribution < -0.4 is 10.1 Å². The van der Waals surface area contributed by atoms with E-state index < -0.39 is 6.10 Å². The predicted octanol–water partition coefficient (Wildman–Crippen LogP) is 4.54. The number of rotatable bonds is 5. The highest BCUT2D eigenvalue weighted by molar-refractivity contribution is 5.83. The van der Waals surface area contributed by atoms with Crippen LogP contribution in [-0.2, 0) is 11.3 Å². The van der Waals surface area contributed by atoms with Crippen LogP contribution in [0.4, 0.5) is 0 Å². The second-order valence-corrected chi connectivity index (χ2v) is 6.43. The number of carbonyl (C=O) groups excluding carboxylic acids is 1. The smallest absolute Gasteiger partial charge is 0.261 e. The highest BCUT2D eigenvalue weighted by atomic mass is 16.5. The van der Waals surface area contributed by atoms with Gasteiger partial charge >= 0.3 is 0 Å². The molecule has 0 aliphatic heterocycles. The van der Waals surface area contributed by atoms with Crippen molar-refractivity contribution < 1.29 is 9.53 Å². The van der Waals surface area contributed by atoms with Gasteiger partial charge in [-0.1, -0.05) is 54.1 Å². The highest BCUT2D eigenvalue weighted by Crippen LogP contribution is 2.20. The van der Waals surface area contributed by atoms with Crippen LogP contribution in [0, 0.1) is 13.8 Å². The monoisotopic (exact) mass is 333 g/mol. The Morgan fingerprint density at radius 3 is 2.52 bits per heavy atom. The first-order valence-corrected chi connectivity index (χ1v) is 8.52. The Hall–Kier alpha value is -2.81. The summed E-state index contributed by atoms with van der Waals surface area (Å²) in [6.45, 7) is 6.29. The average molecular weight is 333 g/mol. The molecule has 0 aromatic heterocycles. The number of amides is 1. The van der Waals surface area contributed by atoms with Gasteiger partial charge in [-0.3, -0.25) is 4.79 Å². The number of aryl methyl sites for hydroxylation is 2. The zero-order valence-electron chi connectivity index (χ0n) is 14.9. The van der Waals surface area contributed by atoms with Gasteiger partial charge in [0.15, 0.2) is 6.10 Å². The minimum atomic E-state index is -0.540. The molecule has 0 aliphatic carbocycles. The summed E-state index contributed by atoms with van der Waals surface area (Å²) in [5, 5.41) is 5.32. The van der Waals surface area contributed by atoms with Crippen LogP contribution in [0.1, 0.15) is 23.6 Å². The van der Waals surface area contributed by atoms with Crippen molar-refractivity contribution in [3.8, 4) is 5.75 Å². The third kappa shape index (κ3) is 4.18. The molecular formula is C22H23NO2. The summed E-state index contributed by atoms with van der Waals surface area (Å²) < 4.78 is 5.81. The fourth-order valence-corrected chi connectivity index (χ4v) is 2.86. The zero-order valence-corrected chi connectivity index (χ0v) is 14.9. The summed E-state index contributed by atoms with van der Waals surface area (Å²) in [6.07, 6.45) is -0.540. The topological polar surface area (TPSA) is 38.3 Å². The molecule has 0 heterocycles. The number of fused-ring (bicyclic) bond motifs is 1. The van der Waals surface area contributed by atoms with Crippen LogP contribution in [0.25, 0.3) is 10.8 Å². The van der Waals surface area contributed by atoms with Crippen molar-refractivity contribution in [3.63, 3.8) is 0 Å². The van der Waals surface area contributed by atoms with E-state index in [1.54, 1.807) is 6.92 Å². The van der Waals surface area contributed by atoms with E-state index >= 15 is 0 Å². The van der Waals surface area contributed by atoms with E-state index in [9.17, 15) is 4.79 Å². The van der Waals surface area contributed by atoms with E-state index in [2.05, 4.69) is 35.6 Å². The predicted molar refractivity (Wildman–Crippen MR) is 102 cm³/mol. The first kappa shape index (κ1) is 17.0. The van der Waals surface area contributed by atoms with Gasteiger partial charge in [0, 0.05) is 6.54 Å². The first-order chi connectivity index (χ1) is 12.0. The Kier molecular flexibility index (Phi) is 5.03. The van der Waals surface area contributed by atoms with E-state index in [1.165, 1.54) is 16.3 Å². The fourth-order valence-electron chi connectivity index (χ4n) is 2.86. The lowest BCUT2D eigenvalue weighted by molar-refractivity contribution is -0.127. The van der Waals surface area contributed by atoms with E-state index in [1.807, 2.05) is 44.2 Å². The van der Waals surface area contributed by atoms with Gasteiger partial charge in [0.1, 0.15) is 5.75 Å². The number of hydrogen-bond acceptors (Lipinski definition) is 2. The molecule has 3 aromatic rings. The molecule has 1 atom stereocenters. The molecule has 1 N–H and O–H groups in total. The van der Waals surface area contributed by atoms with Gasteiger partial charge in [-0.15, -0.1) is 0 Å². The number of hydrogen-bond donors (Lipinski definition) is 1. The molecule has 3 aromatic carbocycles. The van der Waals surface area contributed by atoms with Gasteiger partial charge in [0.2, 0.25) is 0 Å². The minimum Gasteiger partial charge on any atom is -0.481 e. The lowest BCUT2D eigenvalue weighted by Crippen LogP contribution is -2.36. The second kappa shape index (κ2) is 7.39. The molecule has 0 bridgehead atoms. The van der Waals surface area contributed by atoms with Gasteiger partial charge < -0.3 is 10.1 Å². The van der Waals surface area contributed by atoms with Gasteiger partial charge in [-0.2, -0.15) is 0 Å². The summed E-state index contributed by atoms with van der Waals surface area (Å²) in [4.78, 5) is 12.3. The molecule has 0 spiro atoms. The van der Waals surface area contributed by atoms with E-state index in [0.717, 1.165) is 16.9 Å². The van der Waals surface area contributed by atoms with Crippen molar-refractivity contribution in [1.29, 1.82) is 0 Å². The molecule has 3 nitrogen and oxygen atoms in total. The molecule has 0 saturated carbocycles. The van der Waals surface area contributed by atoms with Gasteiger partial charge in [0.25, 0.3) is 5.91 Å². The summed E-state index contributed by atoms with van der Waals surface area (Å²) in [5.41, 5.74) is 3.29. The van der Waals surface area contributed by atoms with E-state index in [-0.39, 0.29) is 5.91 Å². The summed E-state index contributed by atoms with van der Waals surface area (Å²) in [6, 6.07) is 20.4. The van der Waals surface area contributed by atoms with Crippen LogP contribution in [0.2, 0.25) is 0 Å². The molecule has 3 rings (SSSR count). The normalized spacial score (nSPS) is 12.0. The maximum atomic E-state index is 12.3. The number of carbonyl (C=O) groups is 1. The molecule has 0 aliphatic rings. The third-order valence-electron chi connectivity index (χ3n) is 4.28. The Labute approximate surface area is 148 Å². The Balaban J connectivity index is 1.60. The molecule has 128 valence electrons. The quantitative estimate of drug-likeness (QED) is 0.744. The number of ether oxygens (including phenoxy) is 1. The summed E-state index contributed by atoms with van der Waals surface area (Å²) >= 11 is 0. The van der Waals surface area contributed by atoms with Crippen molar-refractivity contribution in [2.45, 2.75) is 33.4 Å². The van der Waals surface area contributed by atoms with E-state index in [0.29, 0.717) is 6.54 Å². The van der Waals surface area contributed by atoms with E-state index in [4.69, 9.17) is 4.74 Å². The molecule has 3 heteroatoms. The SMILES string of the molecule is Cc1ccc(O[C@H](C)C(=O)NCc2ccc3ccccc3c2)c(C)c1. The standard InChI is InChI=1S/C22H23NO2/c1-15-8-11-21(16(2)12-15)25-17(3)22(24)23-14-18-9-10-19-6-4-5-7-20(19)13-18/h4-13,17H,14H2,1-3H3,(H,23,24)/t17-/m1/s1. The van der Waals surface area contributed by atoms with Crippen molar-refractivity contribution >= 4 is 16.7 Å². The fraction of sp³-hybridized carbons (Fsp3) is 0.227. The molecule has 25 heavy (non-hydrogen) atoms. The van der Waals surface area contributed by atoms with Gasteiger partial charge in [0.05, 0.1) is 0 Å². The zero-order chi connectivity index (χ0) is 17.8. The molecule has 0 fully saturated rings. The van der Waals surface area contributed by atoms with Gasteiger partial charge in [-0.25, -0.2) is 0 Å². The lowest BCUT2D eigenvalue weighted by Gasteiger charge is -2.16. The number of nitrogens with one attached hydrogen (secondary N) is 1. The van der Waals surface area contributed by atoms with Crippen LogP contribution in [0.3, 0.4) is 0 Å². The maximum Gasteiger partial charge on any atom is 0.261 e. The van der Waals surface area contributed by atoms with Gasteiger partial charge in [-0.05, 0) is 54.8 Å². The second-order valence-electron chi connectivity index (χ2n) is 6.43. The first-order valence-electron chi connectivity index (χ1n) is 8.52. The van der Waals surface area contributed by atoms with Crippen LogP contribution >= 0.6 is 0 Å². The number of benzene rings is 3. The average Bonchev–Trinajstić information content (AvgIpc) is 2.61. The Morgan fingerprint density at radius 1 is 1.00 bits per heavy atom. The largest absolute Gasteiger partial charge is 0.481 e. The molecule has 0 unspecified atom stereocenters. The van der Waals surface area contributed by atoms with Crippen molar-refractivity contribution in [3.05, 3.63) is 77.4 Å². The van der Waals surface area contributed by atoms with Crippen LogP contribution in [-0.4, -0.2) is 12.0 Å². The molecule has 0 saturated heterocycles. The van der Waals surface area contributed by atoms with Crippen molar-refractivity contribution in [2.75, 3.05) is 0 Å². The Bertz CT molecular complexity index is 901. The van der Waals surface area contributed by atoms with Crippen molar-refractivity contribution in [2.24, 2.45) is 0 Å². The lowest BCUT2D eigenvalue weighted by atomic mass is 10.1. The summed E-state index contributed by atoms with van der Waals surface area (Å²) in [5.74, 6) is 0.632. The van der Waals surface area contributed by atoms with Crippen LogP contribution in [0.5, 0.6) is 5.75 Å². The highest BCUT2D eigenvalue weighted by Gasteiger charge is 2.15. The van der Waals surface area contributed by atoms with Crippen molar-refractivity contribution in [1.82, 2.24) is 5.32 Å². The minimum absolute atomic E-state index is 0.117. The molecular weight excluding hydrogens is 310 g/mol. The summed E-state index contributed by atoms with van der Waals surface area (Å²) in [7, 11) is 0. The van der Waals surface area contributed by atoms with Crippen LogP contribution in [0.15, 0.2) is 60.7 Å². The Morgan fingerprint density at radius 2 is 1.76 bits per heavy atom. The molecule has 0 radical (unpaired) electrons.